The summed E-state index contributed by atoms with van der Waals surface area (Å²) in [4.78, 5) is 0. The van der Waals surface area contributed by atoms with Gasteiger partial charge in [-0.05, 0) is 11.6 Å². The highest BCUT2D eigenvalue weighted by Crippen LogP contribution is 2.16. The van der Waals surface area contributed by atoms with Crippen molar-refractivity contribution in [2.24, 2.45) is 5.84 Å². The Hall–Kier alpha value is -1.28. The van der Waals surface area contributed by atoms with E-state index in [2.05, 4.69) is 6.58 Å². The van der Waals surface area contributed by atoms with E-state index in [1.165, 1.54) is 0 Å². The highest BCUT2D eigenvalue weighted by atomic mass is 15.4. The molecular formula is C9H12N2. The highest BCUT2D eigenvalue weighted by Gasteiger charge is 1.98. The molecule has 0 bridgehead atoms. The van der Waals surface area contributed by atoms with Crippen molar-refractivity contribution >= 4 is 11.8 Å². The summed E-state index contributed by atoms with van der Waals surface area (Å²) in [5.74, 6) is 5.58. The number of nitrogens with two attached hydrogens (primary N) is 1. The first-order valence-corrected chi connectivity index (χ1v) is 3.45. The van der Waals surface area contributed by atoms with Crippen LogP contribution < -0.4 is 10.9 Å². The molecule has 0 radical (unpaired) electrons. The molecule has 2 heteroatoms. The molecule has 0 saturated heterocycles. The molecule has 0 aromatic heterocycles. The lowest BCUT2D eigenvalue weighted by Gasteiger charge is -2.14. The molecule has 2 N–H and O–H groups in total. The summed E-state index contributed by atoms with van der Waals surface area (Å²) in [5.41, 5.74) is 2.04. The molecule has 0 unspecified atom stereocenters. The van der Waals surface area contributed by atoms with Gasteiger partial charge in [0, 0.05) is 7.05 Å². The number of nitrogens with zero attached hydrogens (tertiary/aromatic N) is 1. The van der Waals surface area contributed by atoms with E-state index in [1.54, 1.807) is 11.1 Å². The van der Waals surface area contributed by atoms with Gasteiger partial charge in [-0.3, -0.25) is 0 Å². The molecule has 0 atom stereocenters. The van der Waals surface area contributed by atoms with Crippen molar-refractivity contribution in [3.63, 3.8) is 0 Å². The van der Waals surface area contributed by atoms with Crippen molar-refractivity contribution in [2.45, 2.75) is 0 Å². The summed E-state index contributed by atoms with van der Waals surface area (Å²) in [6, 6.07) is 7.85. The summed E-state index contributed by atoms with van der Waals surface area (Å²) in [6.45, 7) is 3.69. The fraction of sp³-hybridized carbons (Fsp3) is 0.111. The van der Waals surface area contributed by atoms with Crippen LogP contribution in [0.15, 0.2) is 30.8 Å². The molecule has 1 aromatic carbocycles. The molecule has 0 amide bonds. The van der Waals surface area contributed by atoms with E-state index in [-0.39, 0.29) is 0 Å². The molecule has 0 heterocycles. The summed E-state index contributed by atoms with van der Waals surface area (Å²) in [5, 5.41) is 1.58. The number of benzene rings is 1. The van der Waals surface area contributed by atoms with Crippen molar-refractivity contribution in [2.75, 3.05) is 12.1 Å². The average Bonchev–Trinajstić information content (AvgIpc) is 2.04. The maximum atomic E-state index is 5.58. The summed E-state index contributed by atoms with van der Waals surface area (Å²) in [6.07, 6.45) is 1.79. The van der Waals surface area contributed by atoms with Gasteiger partial charge in [-0.15, -0.1) is 0 Å². The third-order valence-electron chi connectivity index (χ3n) is 1.54. The Morgan fingerprint density at radius 2 is 2.09 bits per heavy atom. The molecule has 0 aliphatic heterocycles. The summed E-state index contributed by atoms with van der Waals surface area (Å²) < 4.78 is 0. The Morgan fingerprint density at radius 3 is 2.55 bits per heavy atom. The minimum Gasteiger partial charge on any atom is -0.314 e. The largest absolute Gasteiger partial charge is 0.314 e. The standard InChI is InChI=1S/C9H12N2/c1-3-8-6-4-5-7-9(8)11(2)10/h3-7H,1,10H2,2H3. The molecule has 58 valence electrons. The van der Waals surface area contributed by atoms with Crippen molar-refractivity contribution in [1.29, 1.82) is 0 Å². The van der Waals surface area contributed by atoms with E-state index in [0.29, 0.717) is 0 Å². The predicted octanol–water partition coefficient (Wildman–Crippen LogP) is 1.64. The zero-order valence-electron chi connectivity index (χ0n) is 6.62. The first kappa shape index (κ1) is 7.82. The first-order valence-electron chi connectivity index (χ1n) is 3.45. The fourth-order valence-corrected chi connectivity index (χ4v) is 0.981. The third kappa shape index (κ3) is 1.59. The van der Waals surface area contributed by atoms with Crippen LogP contribution >= 0.6 is 0 Å². The second-order valence-corrected chi connectivity index (χ2v) is 2.37. The number of hydrogen-bond donors (Lipinski definition) is 1. The summed E-state index contributed by atoms with van der Waals surface area (Å²) in [7, 11) is 1.81. The van der Waals surface area contributed by atoms with E-state index < -0.39 is 0 Å². The van der Waals surface area contributed by atoms with Crippen molar-refractivity contribution in [1.82, 2.24) is 0 Å². The number of para-hydroxylation sites is 1. The van der Waals surface area contributed by atoms with Crippen LogP contribution in [0.4, 0.5) is 5.69 Å². The number of hydrazine groups is 1. The Morgan fingerprint density at radius 1 is 1.45 bits per heavy atom. The van der Waals surface area contributed by atoms with E-state index in [0.717, 1.165) is 11.3 Å². The molecule has 0 fully saturated rings. The van der Waals surface area contributed by atoms with Gasteiger partial charge in [0.2, 0.25) is 0 Å². The van der Waals surface area contributed by atoms with E-state index >= 15 is 0 Å². The molecule has 11 heavy (non-hydrogen) atoms. The molecule has 2 nitrogen and oxygen atoms in total. The van der Waals surface area contributed by atoms with Gasteiger partial charge >= 0.3 is 0 Å². The maximum absolute atomic E-state index is 5.58. The van der Waals surface area contributed by atoms with Gasteiger partial charge in [-0.1, -0.05) is 30.9 Å². The molecule has 0 spiro atoms. The maximum Gasteiger partial charge on any atom is 0.0585 e. The monoisotopic (exact) mass is 148 g/mol. The van der Waals surface area contributed by atoms with Crippen molar-refractivity contribution in [3.05, 3.63) is 36.4 Å². The van der Waals surface area contributed by atoms with Crippen LogP contribution in [0, 0.1) is 0 Å². The van der Waals surface area contributed by atoms with Gasteiger partial charge in [-0.25, -0.2) is 5.84 Å². The zero-order chi connectivity index (χ0) is 8.27. The van der Waals surface area contributed by atoms with Crippen molar-refractivity contribution in [3.8, 4) is 0 Å². The zero-order valence-corrected chi connectivity index (χ0v) is 6.62. The Bertz CT molecular complexity index is 253. The fourth-order valence-electron chi connectivity index (χ4n) is 0.981. The molecule has 1 aromatic rings. The highest BCUT2D eigenvalue weighted by molar-refractivity contribution is 5.65. The average molecular weight is 148 g/mol. The van der Waals surface area contributed by atoms with Crippen LogP contribution in [-0.2, 0) is 0 Å². The van der Waals surface area contributed by atoms with E-state index in [1.807, 2.05) is 31.3 Å². The molecule has 0 aliphatic rings. The number of hydrogen-bond acceptors (Lipinski definition) is 2. The Balaban J connectivity index is 3.12. The van der Waals surface area contributed by atoms with Crippen LogP contribution in [0.5, 0.6) is 0 Å². The lowest BCUT2D eigenvalue weighted by Crippen LogP contribution is -2.25. The second kappa shape index (κ2) is 3.21. The first-order chi connectivity index (χ1) is 5.25. The normalized spacial score (nSPS) is 9.27. The second-order valence-electron chi connectivity index (χ2n) is 2.37. The molecule has 0 aliphatic carbocycles. The minimum atomic E-state index is 0.988. The van der Waals surface area contributed by atoms with Crippen LogP contribution in [0.1, 0.15) is 5.56 Å². The topological polar surface area (TPSA) is 29.3 Å². The van der Waals surface area contributed by atoms with Gasteiger partial charge in [0.05, 0.1) is 5.69 Å². The summed E-state index contributed by atoms with van der Waals surface area (Å²) >= 11 is 0. The van der Waals surface area contributed by atoms with Gasteiger partial charge in [0.25, 0.3) is 0 Å². The van der Waals surface area contributed by atoms with Gasteiger partial charge in [0.15, 0.2) is 0 Å². The smallest absolute Gasteiger partial charge is 0.0585 e. The number of anilines is 1. The lowest BCUT2D eigenvalue weighted by molar-refractivity contribution is 1.02. The molecule has 1 rings (SSSR count). The lowest BCUT2D eigenvalue weighted by atomic mass is 10.2. The van der Waals surface area contributed by atoms with Crippen LogP contribution in [-0.4, -0.2) is 7.05 Å². The predicted molar refractivity (Wildman–Crippen MR) is 49.1 cm³/mol. The van der Waals surface area contributed by atoms with Crippen LogP contribution in [0.25, 0.3) is 6.08 Å². The molecular weight excluding hydrogens is 136 g/mol. The minimum absolute atomic E-state index is 0.988. The SMILES string of the molecule is C=Cc1ccccc1N(C)N. The van der Waals surface area contributed by atoms with Gasteiger partial charge in [-0.2, -0.15) is 0 Å². The van der Waals surface area contributed by atoms with Crippen LogP contribution in [0.2, 0.25) is 0 Å². The van der Waals surface area contributed by atoms with Gasteiger partial charge in [0.1, 0.15) is 0 Å². The van der Waals surface area contributed by atoms with Gasteiger partial charge < -0.3 is 5.01 Å². The Kier molecular flexibility index (Phi) is 2.28. The van der Waals surface area contributed by atoms with E-state index in [9.17, 15) is 0 Å². The number of rotatable bonds is 2. The van der Waals surface area contributed by atoms with Crippen molar-refractivity contribution < 1.29 is 0 Å². The molecule has 0 saturated carbocycles. The third-order valence-corrected chi connectivity index (χ3v) is 1.54. The van der Waals surface area contributed by atoms with Crippen LogP contribution in [0.3, 0.4) is 0 Å². The quantitative estimate of drug-likeness (QED) is 0.510. The Labute approximate surface area is 66.9 Å². The van der Waals surface area contributed by atoms with E-state index in [4.69, 9.17) is 5.84 Å².